The van der Waals surface area contributed by atoms with E-state index < -0.39 is 5.91 Å². The Morgan fingerprint density at radius 3 is 3.11 bits per heavy atom. The van der Waals surface area contributed by atoms with E-state index >= 15 is 0 Å². The molecule has 0 aromatic carbocycles. The SMILES string of the molecule is CC(N)C1CN(c2ncccc2C(N)=O)CCO1. The molecule has 18 heavy (non-hydrogen) atoms. The molecule has 1 aliphatic heterocycles. The number of rotatable bonds is 3. The molecule has 0 saturated carbocycles. The second-order valence-electron chi connectivity index (χ2n) is 4.45. The maximum Gasteiger partial charge on any atom is 0.252 e. The fourth-order valence-electron chi connectivity index (χ4n) is 2.03. The summed E-state index contributed by atoms with van der Waals surface area (Å²) >= 11 is 0. The first-order chi connectivity index (χ1) is 8.59. The van der Waals surface area contributed by atoms with E-state index in [9.17, 15) is 4.79 Å². The van der Waals surface area contributed by atoms with Crippen LogP contribution in [0.15, 0.2) is 18.3 Å². The van der Waals surface area contributed by atoms with Crippen LogP contribution in [-0.4, -0.2) is 42.7 Å². The highest BCUT2D eigenvalue weighted by molar-refractivity contribution is 5.97. The van der Waals surface area contributed by atoms with Gasteiger partial charge in [-0.3, -0.25) is 4.79 Å². The van der Waals surface area contributed by atoms with Crippen LogP contribution in [0.1, 0.15) is 17.3 Å². The Hall–Kier alpha value is -1.66. The van der Waals surface area contributed by atoms with Crippen molar-refractivity contribution in [3.8, 4) is 0 Å². The molecule has 4 N–H and O–H groups in total. The average Bonchev–Trinajstić information content (AvgIpc) is 2.39. The van der Waals surface area contributed by atoms with Gasteiger partial charge in [0.25, 0.3) is 5.91 Å². The summed E-state index contributed by atoms with van der Waals surface area (Å²) in [5, 5.41) is 0. The maximum absolute atomic E-state index is 11.4. The van der Waals surface area contributed by atoms with Gasteiger partial charge in [0.2, 0.25) is 0 Å². The van der Waals surface area contributed by atoms with E-state index in [1.165, 1.54) is 0 Å². The zero-order chi connectivity index (χ0) is 13.1. The normalized spacial score (nSPS) is 21.7. The number of carbonyl (C=O) groups is 1. The molecule has 0 radical (unpaired) electrons. The number of hydrogen-bond acceptors (Lipinski definition) is 5. The van der Waals surface area contributed by atoms with Crippen molar-refractivity contribution in [1.82, 2.24) is 4.98 Å². The topological polar surface area (TPSA) is 94.5 Å². The minimum absolute atomic E-state index is 0.0542. The van der Waals surface area contributed by atoms with Gasteiger partial charge in [0.15, 0.2) is 0 Å². The van der Waals surface area contributed by atoms with E-state index in [-0.39, 0.29) is 12.1 Å². The van der Waals surface area contributed by atoms with Crippen LogP contribution >= 0.6 is 0 Å². The van der Waals surface area contributed by atoms with Gasteiger partial charge in [0, 0.05) is 25.3 Å². The number of nitrogens with two attached hydrogens (primary N) is 2. The first-order valence-corrected chi connectivity index (χ1v) is 5.96. The Morgan fingerprint density at radius 2 is 2.44 bits per heavy atom. The van der Waals surface area contributed by atoms with Gasteiger partial charge in [0.05, 0.1) is 18.3 Å². The third kappa shape index (κ3) is 2.60. The predicted octanol–water partition coefficient (Wildman–Crippen LogP) is -0.267. The van der Waals surface area contributed by atoms with Crippen molar-refractivity contribution in [2.75, 3.05) is 24.6 Å². The molecule has 1 aliphatic rings. The summed E-state index contributed by atoms with van der Waals surface area (Å²) < 4.78 is 5.58. The third-order valence-electron chi connectivity index (χ3n) is 3.03. The number of carbonyl (C=O) groups excluding carboxylic acids is 1. The Kier molecular flexibility index (Phi) is 3.78. The largest absolute Gasteiger partial charge is 0.373 e. The molecule has 98 valence electrons. The molecular weight excluding hydrogens is 232 g/mol. The van der Waals surface area contributed by atoms with E-state index in [2.05, 4.69) is 4.98 Å². The van der Waals surface area contributed by atoms with Crippen molar-refractivity contribution < 1.29 is 9.53 Å². The van der Waals surface area contributed by atoms with E-state index in [1.807, 2.05) is 11.8 Å². The summed E-state index contributed by atoms with van der Waals surface area (Å²) in [6, 6.07) is 3.32. The average molecular weight is 250 g/mol. The number of morpholine rings is 1. The van der Waals surface area contributed by atoms with E-state index in [0.717, 1.165) is 0 Å². The van der Waals surface area contributed by atoms with Crippen LogP contribution in [0.2, 0.25) is 0 Å². The molecule has 6 nitrogen and oxygen atoms in total. The molecule has 2 unspecified atom stereocenters. The standard InChI is InChI=1S/C12H18N4O2/c1-8(13)10-7-16(5-6-18-10)12-9(11(14)17)3-2-4-15-12/h2-4,8,10H,5-7,13H2,1H3,(H2,14,17). The number of aromatic nitrogens is 1. The van der Waals surface area contributed by atoms with Crippen molar-refractivity contribution in [2.24, 2.45) is 11.5 Å². The van der Waals surface area contributed by atoms with Crippen molar-refractivity contribution in [1.29, 1.82) is 0 Å². The molecule has 1 aromatic heterocycles. The van der Waals surface area contributed by atoms with Crippen LogP contribution in [-0.2, 0) is 4.74 Å². The van der Waals surface area contributed by atoms with Crippen LogP contribution in [0.5, 0.6) is 0 Å². The summed E-state index contributed by atoms with van der Waals surface area (Å²) in [5.41, 5.74) is 11.6. The molecule has 1 amide bonds. The van der Waals surface area contributed by atoms with E-state index in [0.29, 0.717) is 31.1 Å². The van der Waals surface area contributed by atoms with Crippen LogP contribution in [0, 0.1) is 0 Å². The lowest BCUT2D eigenvalue weighted by molar-refractivity contribution is 0.0273. The number of ether oxygens (including phenoxy) is 1. The molecular formula is C12H18N4O2. The van der Waals surface area contributed by atoms with Crippen molar-refractivity contribution in [3.63, 3.8) is 0 Å². The second kappa shape index (κ2) is 5.32. The highest BCUT2D eigenvalue weighted by atomic mass is 16.5. The molecule has 0 aliphatic carbocycles. The monoisotopic (exact) mass is 250 g/mol. The van der Waals surface area contributed by atoms with Gasteiger partial charge in [-0.15, -0.1) is 0 Å². The lowest BCUT2D eigenvalue weighted by atomic mass is 10.1. The number of pyridine rings is 1. The summed E-state index contributed by atoms with van der Waals surface area (Å²) in [4.78, 5) is 17.6. The fraction of sp³-hybridized carbons (Fsp3) is 0.500. The lowest BCUT2D eigenvalue weighted by Gasteiger charge is -2.36. The number of anilines is 1. The van der Waals surface area contributed by atoms with Crippen LogP contribution in [0.4, 0.5) is 5.82 Å². The molecule has 6 heteroatoms. The summed E-state index contributed by atoms with van der Waals surface area (Å²) in [6.45, 7) is 3.78. The van der Waals surface area contributed by atoms with E-state index in [4.69, 9.17) is 16.2 Å². The number of amides is 1. The van der Waals surface area contributed by atoms with Gasteiger partial charge < -0.3 is 21.1 Å². The van der Waals surface area contributed by atoms with Gasteiger partial charge in [-0.25, -0.2) is 4.98 Å². The smallest absolute Gasteiger partial charge is 0.252 e. The maximum atomic E-state index is 11.4. The zero-order valence-corrected chi connectivity index (χ0v) is 10.4. The molecule has 1 saturated heterocycles. The van der Waals surface area contributed by atoms with Crippen LogP contribution < -0.4 is 16.4 Å². The Balaban J connectivity index is 2.23. The van der Waals surface area contributed by atoms with Crippen molar-refractivity contribution >= 4 is 11.7 Å². The molecule has 2 rings (SSSR count). The van der Waals surface area contributed by atoms with Crippen LogP contribution in [0.25, 0.3) is 0 Å². The number of primary amides is 1. The number of hydrogen-bond donors (Lipinski definition) is 2. The summed E-state index contributed by atoms with van der Waals surface area (Å²) in [5.74, 6) is 0.140. The predicted molar refractivity (Wildman–Crippen MR) is 68.4 cm³/mol. The number of nitrogens with zero attached hydrogens (tertiary/aromatic N) is 2. The van der Waals surface area contributed by atoms with Gasteiger partial charge >= 0.3 is 0 Å². The molecule has 0 bridgehead atoms. The van der Waals surface area contributed by atoms with Gasteiger partial charge in [-0.2, -0.15) is 0 Å². The first kappa shape index (κ1) is 12.8. The molecule has 0 spiro atoms. The van der Waals surface area contributed by atoms with Crippen molar-refractivity contribution in [3.05, 3.63) is 23.9 Å². The molecule has 2 atom stereocenters. The minimum Gasteiger partial charge on any atom is -0.373 e. The van der Waals surface area contributed by atoms with Gasteiger partial charge in [-0.1, -0.05) is 0 Å². The zero-order valence-electron chi connectivity index (χ0n) is 10.4. The second-order valence-corrected chi connectivity index (χ2v) is 4.45. The molecule has 1 fully saturated rings. The summed E-state index contributed by atoms with van der Waals surface area (Å²) in [6.07, 6.45) is 1.60. The molecule has 1 aromatic rings. The first-order valence-electron chi connectivity index (χ1n) is 5.96. The Labute approximate surface area is 106 Å². The Bertz CT molecular complexity index is 436. The van der Waals surface area contributed by atoms with E-state index in [1.54, 1.807) is 18.3 Å². The third-order valence-corrected chi connectivity index (χ3v) is 3.03. The van der Waals surface area contributed by atoms with Gasteiger partial charge in [-0.05, 0) is 19.1 Å². The van der Waals surface area contributed by atoms with Gasteiger partial charge in [0.1, 0.15) is 5.82 Å². The van der Waals surface area contributed by atoms with Crippen LogP contribution in [0.3, 0.4) is 0 Å². The molecule has 2 heterocycles. The lowest BCUT2D eigenvalue weighted by Crippen LogP contribution is -2.50. The highest BCUT2D eigenvalue weighted by Gasteiger charge is 2.26. The minimum atomic E-state index is -0.470. The fourth-order valence-corrected chi connectivity index (χ4v) is 2.03. The highest BCUT2D eigenvalue weighted by Crippen LogP contribution is 2.20. The van der Waals surface area contributed by atoms with Crippen molar-refractivity contribution in [2.45, 2.75) is 19.1 Å². The quantitative estimate of drug-likeness (QED) is 0.770. The Morgan fingerprint density at radius 1 is 1.67 bits per heavy atom. The summed E-state index contributed by atoms with van der Waals surface area (Å²) in [7, 11) is 0.